The van der Waals surface area contributed by atoms with Crippen LogP contribution in [0.15, 0.2) is 424 Å². The third-order valence-electron chi connectivity index (χ3n) is 27.2. The fourth-order valence-electron chi connectivity index (χ4n) is 22.2. The molecule has 2 aliphatic heterocycles. The maximum atomic E-state index is 12.3. The van der Waals surface area contributed by atoms with Crippen molar-refractivity contribution in [2.45, 2.75) is 37.0 Å². The summed E-state index contributed by atoms with van der Waals surface area (Å²) in [5, 5.41) is -1.45. The number of rotatable bonds is 8. The second-order valence-electron chi connectivity index (χ2n) is 34.2. The van der Waals surface area contributed by atoms with E-state index in [0.29, 0.717) is 66.9 Å². The average molecular weight is 1610 g/mol. The number of para-hydroxylation sites is 6. The minimum Gasteiger partial charge on any atom is -0.310 e. The van der Waals surface area contributed by atoms with Gasteiger partial charge < -0.3 is 18.9 Å². The van der Waals surface area contributed by atoms with Crippen molar-refractivity contribution >= 4 is 101 Å². The SMILES string of the molecule is [2H]c1c([2H])c(-n2c3c([2H])c([2H])c([2H])c([2H])c3c3c([2H])c([2H])c([2H])c([2H])c32)c([2H])c2c1B1c3c(cc(C(C)(C)C)cc3N(c3c(-c4ccc5c(c4)-c4ccccc4C54c5ccccc5-c5ccccc54)cccc3-c3ccc4c(c3)-c3ccccc3C43c4ccccc4-c4ccccc43)c3c([2H])c(-n4c5c([2H])c([2H])c([2H])c([2H])c5c5c([2H])c([2H])c([2H])c([2H])c54)c([2H])c([2H])c31)N2c1c(-c2ccccc2)cccc1-c1ccccc1. The average Bonchev–Trinajstić information content (AvgIpc) is 1.67. The number of hydrogen-bond acceptors (Lipinski definition) is 2. The van der Waals surface area contributed by atoms with Crippen LogP contribution in [0.25, 0.3) is 144 Å². The normalized spacial score (nSPS) is 16.4. The molecule has 21 aromatic rings. The molecule has 2 aromatic heterocycles. The zero-order chi connectivity index (χ0) is 101. The van der Waals surface area contributed by atoms with Gasteiger partial charge in [0.2, 0.25) is 0 Å². The fraction of sp³-hybridized carbons (Fsp3) is 0.0500. The molecule has 5 heteroatoms. The lowest BCUT2D eigenvalue weighted by Gasteiger charge is -2.46. The number of fused-ring (bicyclic) bond motifs is 30. The predicted octanol–water partition coefficient (Wildman–Crippen LogP) is 28.6. The summed E-state index contributed by atoms with van der Waals surface area (Å²) in [6, 6.07) is 83.4. The molecule has 4 heterocycles. The van der Waals surface area contributed by atoms with Gasteiger partial charge in [0.1, 0.15) is 0 Å². The monoisotopic (exact) mass is 1610 g/mol. The Balaban J connectivity index is 0.855. The second-order valence-corrected chi connectivity index (χ2v) is 34.2. The first-order valence-corrected chi connectivity index (χ1v) is 42.2. The maximum Gasteiger partial charge on any atom is 0.252 e. The Morgan fingerprint density at radius 1 is 0.256 bits per heavy atom. The van der Waals surface area contributed by atoms with Crippen molar-refractivity contribution in [3.8, 4) is 100 Å². The van der Waals surface area contributed by atoms with Gasteiger partial charge in [-0.05, 0) is 211 Å². The zero-order valence-electron chi connectivity index (χ0n) is 89.6. The van der Waals surface area contributed by atoms with Crippen LogP contribution in [0.4, 0.5) is 34.1 Å². The van der Waals surface area contributed by atoms with Gasteiger partial charge in [-0.2, -0.15) is 0 Å². The van der Waals surface area contributed by atoms with Crippen LogP contribution in [0.1, 0.15) is 101 Å². The van der Waals surface area contributed by atoms with E-state index in [4.69, 9.17) is 0 Å². The van der Waals surface area contributed by atoms with Crippen LogP contribution in [0.3, 0.4) is 0 Å². The summed E-state index contributed by atoms with van der Waals surface area (Å²) in [7, 11) is 0. The van der Waals surface area contributed by atoms with E-state index >= 15 is 0 Å². The van der Waals surface area contributed by atoms with Gasteiger partial charge in [-0.15, -0.1) is 0 Å². The summed E-state index contributed by atoms with van der Waals surface area (Å²) in [6.45, 7) is 4.43. The van der Waals surface area contributed by atoms with E-state index < -0.39 is 189 Å². The number of hydrogen-bond donors (Lipinski definition) is 0. The van der Waals surface area contributed by atoms with Gasteiger partial charge in [-0.25, -0.2) is 0 Å². The van der Waals surface area contributed by atoms with E-state index in [1.54, 1.807) is 0 Å². The molecule has 0 fully saturated rings. The van der Waals surface area contributed by atoms with Crippen molar-refractivity contribution in [3.05, 3.63) is 474 Å². The Kier molecular flexibility index (Phi) is 10.8. The first kappa shape index (κ1) is 51.9. The number of aromatic nitrogens is 2. The Hall–Kier alpha value is -15.6. The van der Waals surface area contributed by atoms with Gasteiger partial charge in [0.05, 0.1) is 74.4 Å². The van der Waals surface area contributed by atoms with Gasteiger partial charge in [-0.3, -0.25) is 0 Å². The molecule has 2 spiro atoms. The van der Waals surface area contributed by atoms with Crippen LogP contribution >= 0.6 is 0 Å². The minimum atomic E-state index is -1.71. The summed E-state index contributed by atoms with van der Waals surface area (Å²) in [6.07, 6.45) is 0. The van der Waals surface area contributed by atoms with Gasteiger partial charge in [0.15, 0.2) is 0 Å². The quantitative estimate of drug-likeness (QED) is 0.141. The van der Waals surface area contributed by atoms with Crippen molar-refractivity contribution < 1.29 is 30.2 Å². The Morgan fingerprint density at radius 3 is 0.880 bits per heavy atom. The molecule has 0 saturated carbocycles. The molecule has 0 unspecified atom stereocenters. The van der Waals surface area contributed by atoms with E-state index in [0.717, 1.165) is 98.1 Å². The predicted molar refractivity (Wildman–Crippen MR) is 522 cm³/mol. The van der Waals surface area contributed by atoms with Gasteiger partial charge in [0.25, 0.3) is 6.71 Å². The second kappa shape index (κ2) is 26.0. The molecule has 582 valence electrons. The van der Waals surface area contributed by atoms with E-state index in [2.05, 4.69) is 182 Å². The molecule has 27 rings (SSSR count). The topological polar surface area (TPSA) is 16.3 Å². The van der Waals surface area contributed by atoms with Gasteiger partial charge in [0, 0.05) is 77.9 Å². The van der Waals surface area contributed by atoms with Crippen LogP contribution in [-0.4, -0.2) is 15.8 Å². The molecule has 0 N–H and O–H groups in total. The molecule has 0 radical (unpaired) electrons. The molecular formula is C120H79BN4. The Bertz CT molecular complexity index is 9170. The summed E-state index contributed by atoms with van der Waals surface area (Å²) in [5.74, 6) is 0. The third-order valence-corrected chi connectivity index (χ3v) is 27.2. The highest BCUT2D eigenvalue weighted by Crippen LogP contribution is 2.66. The van der Waals surface area contributed by atoms with Crippen molar-refractivity contribution in [2.75, 3.05) is 9.80 Å². The molecule has 0 bridgehead atoms. The molecule has 19 aromatic carbocycles. The molecule has 0 saturated heterocycles. The van der Waals surface area contributed by atoms with E-state index in [1.807, 2.05) is 140 Å². The summed E-state index contributed by atoms with van der Waals surface area (Å²) >= 11 is 0. The van der Waals surface area contributed by atoms with Gasteiger partial charge in [-0.1, -0.05) is 372 Å². The lowest BCUT2D eigenvalue weighted by atomic mass is 9.33. The summed E-state index contributed by atoms with van der Waals surface area (Å²) in [4.78, 5) is 3.84. The highest BCUT2D eigenvalue weighted by molar-refractivity contribution is 7.00. The zero-order valence-corrected chi connectivity index (χ0v) is 67.6. The molecular weight excluding hydrogens is 1510 g/mol. The molecule has 4 nitrogen and oxygen atoms in total. The number of benzene rings is 19. The third kappa shape index (κ3) is 9.46. The number of nitrogens with zero attached hydrogens (tertiary/aromatic N) is 4. The Labute approximate surface area is 757 Å². The van der Waals surface area contributed by atoms with Crippen molar-refractivity contribution in [1.29, 1.82) is 0 Å². The fourth-order valence-corrected chi connectivity index (χ4v) is 22.2. The standard InChI is InChI=1S/C120H79BN4/c1-118(2,3)78-70-113-115-114(71-78)125(117-83(76-60-64-103-95(68-76)89-40-14-24-54-101(89)119(103)97-50-20-10-36-85(97)86-37-11-21-51-98(86)119)48-31-49-84(117)77-61-65-104-96(69-77)90-41-15-25-55-102(90)120(104)99-52-22-12-38-87(99)88-39-13-23-53-100(88)120)112-73-80(123-109-58-28-18-44-93(109)94-45-19-29-59-110(94)123)63-67-106(112)121(115)105-66-62-79(122-107-56-26-16-42-91(107)92-43-17-27-57-108(92)122)72-111(105)124(113)116-81(74-32-6-4-7-33-74)46-30-47-82(116)75-34-8-5-9-35-75/h4-73H,1-3H3/i16D,17D,18D,19D,26D,27D,28D,29D,42D,43D,44D,45D,56D,57D,58D,59D,62D,63D,66D,67D,72D,73D. The maximum absolute atomic E-state index is 12.3. The van der Waals surface area contributed by atoms with Crippen LogP contribution in [0.5, 0.6) is 0 Å². The number of anilines is 6. The highest BCUT2D eigenvalue weighted by atomic mass is 15.2. The molecule has 4 aliphatic carbocycles. The van der Waals surface area contributed by atoms with Crippen LogP contribution in [0, 0.1) is 0 Å². The molecule has 0 amide bonds. The van der Waals surface area contributed by atoms with Crippen LogP contribution in [0.2, 0.25) is 0 Å². The summed E-state index contributed by atoms with van der Waals surface area (Å²) < 4.78 is 227. The van der Waals surface area contributed by atoms with Crippen LogP contribution < -0.4 is 26.2 Å². The van der Waals surface area contributed by atoms with Crippen LogP contribution in [-0.2, 0) is 16.2 Å². The summed E-state index contributed by atoms with van der Waals surface area (Å²) in [5.41, 5.74) is 17.6. The van der Waals surface area contributed by atoms with Crippen molar-refractivity contribution in [2.24, 2.45) is 0 Å². The van der Waals surface area contributed by atoms with Crippen molar-refractivity contribution in [3.63, 3.8) is 0 Å². The van der Waals surface area contributed by atoms with E-state index in [1.165, 1.54) is 0 Å². The van der Waals surface area contributed by atoms with Crippen molar-refractivity contribution in [1.82, 2.24) is 9.13 Å². The smallest absolute Gasteiger partial charge is 0.252 e. The molecule has 0 atom stereocenters. The molecule has 125 heavy (non-hydrogen) atoms. The Morgan fingerprint density at radius 2 is 0.544 bits per heavy atom. The first-order valence-electron chi connectivity index (χ1n) is 53.2. The highest BCUT2D eigenvalue weighted by Gasteiger charge is 2.54. The van der Waals surface area contributed by atoms with E-state index in [-0.39, 0.29) is 55.2 Å². The minimum absolute atomic E-state index is 0.172. The lowest BCUT2D eigenvalue weighted by Crippen LogP contribution is -2.61. The largest absolute Gasteiger partial charge is 0.310 e. The molecule has 6 aliphatic rings. The van der Waals surface area contributed by atoms with Gasteiger partial charge >= 0.3 is 0 Å². The lowest BCUT2D eigenvalue weighted by molar-refractivity contribution is 0.590. The van der Waals surface area contributed by atoms with E-state index in [9.17, 15) is 30.2 Å². The first-order chi connectivity index (χ1) is 70.9.